The Hall–Kier alpha value is -4.02. The van der Waals surface area contributed by atoms with Crippen molar-refractivity contribution in [3.63, 3.8) is 0 Å². The Kier molecular flexibility index (Phi) is 7.77. The highest BCUT2D eigenvalue weighted by Crippen LogP contribution is 2.40. The van der Waals surface area contributed by atoms with Crippen molar-refractivity contribution in [3.05, 3.63) is 88.0 Å². The number of nitro benzene ring substituents is 1. The fourth-order valence-corrected chi connectivity index (χ4v) is 4.36. The maximum Gasteiger partial charge on any atom is 0.295 e. The zero-order chi connectivity index (χ0) is 25.7. The highest BCUT2D eigenvalue weighted by Gasteiger charge is 2.46. The van der Waals surface area contributed by atoms with Gasteiger partial charge in [0.1, 0.15) is 18.1 Å². The number of ketones is 1. The largest absolute Gasteiger partial charge is 0.507 e. The molecular weight excluding hydrogens is 466 g/mol. The Labute approximate surface area is 208 Å². The number of aliphatic hydroxyl groups excluding tert-OH is 1. The summed E-state index contributed by atoms with van der Waals surface area (Å²) in [4.78, 5) is 40.7. The number of non-ortho nitro benzene ring substituents is 1. The topological polar surface area (TPSA) is 122 Å². The maximum atomic E-state index is 13.2. The van der Waals surface area contributed by atoms with Crippen LogP contribution in [0.5, 0.6) is 5.75 Å². The second-order valence-corrected chi connectivity index (χ2v) is 8.42. The molecule has 1 N–H and O–H groups in total. The third kappa shape index (κ3) is 5.29. The lowest BCUT2D eigenvalue weighted by Crippen LogP contribution is -2.42. The summed E-state index contributed by atoms with van der Waals surface area (Å²) in [7, 11) is 0. The summed E-state index contributed by atoms with van der Waals surface area (Å²) in [6.07, 6.45) is 1.60. The Morgan fingerprint density at radius 2 is 1.89 bits per heavy atom. The van der Waals surface area contributed by atoms with Crippen LogP contribution in [0.25, 0.3) is 5.76 Å². The second-order valence-electron chi connectivity index (χ2n) is 8.42. The minimum atomic E-state index is -0.970. The van der Waals surface area contributed by atoms with E-state index >= 15 is 0 Å². The Morgan fingerprint density at radius 1 is 1.17 bits per heavy atom. The van der Waals surface area contributed by atoms with E-state index < -0.39 is 22.7 Å². The lowest BCUT2D eigenvalue weighted by molar-refractivity contribution is -0.384. The van der Waals surface area contributed by atoms with Crippen molar-refractivity contribution in [2.24, 2.45) is 0 Å². The van der Waals surface area contributed by atoms with E-state index in [0.29, 0.717) is 56.3 Å². The van der Waals surface area contributed by atoms with E-state index in [1.807, 2.05) is 0 Å². The number of carbonyl (C=O) groups excluding carboxylic acids is 2. The number of ether oxygens (including phenoxy) is 2. The number of morpholine rings is 1. The molecule has 0 spiro atoms. The van der Waals surface area contributed by atoms with Gasteiger partial charge in [-0.25, -0.2) is 0 Å². The fraction of sp³-hybridized carbons (Fsp3) is 0.308. The van der Waals surface area contributed by atoms with Crippen molar-refractivity contribution in [2.75, 3.05) is 46.0 Å². The third-order valence-electron chi connectivity index (χ3n) is 6.19. The average Bonchev–Trinajstić information content (AvgIpc) is 3.16. The molecule has 2 aromatic rings. The number of likely N-dealkylation sites (tertiary alicyclic amines) is 1. The van der Waals surface area contributed by atoms with E-state index in [-0.39, 0.29) is 23.6 Å². The first-order chi connectivity index (χ1) is 17.4. The van der Waals surface area contributed by atoms with Gasteiger partial charge >= 0.3 is 0 Å². The number of Topliss-reactive ketones (excluding diaryl/α,β-unsaturated/α-hetero) is 1. The van der Waals surface area contributed by atoms with Crippen LogP contribution in [0.15, 0.2) is 66.8 Å². The van der Waals surface area contributed by atoms with Crippen LogP contribution in [0, 0.1) is 10.1 Å². The minimum absolute atomic E-state index is 0.109. The standard InChI is InChI=1S/C26H27N3O7/c1-2-14-36-21-8-6-18(7-9-21)24(30)22-23(19-4-3-5-20(17-19)29(33)34)28(26(32)25(22)31)11-10-27-12-15-35-16-13-27/h2-9,17,23,30H,1,10-16H2/t23-/m1/s1. The summed E-state index contributed by atoms with van der Waals surface area (Å²) >= 11 is 0. The quantitative estimate of drug-likeness (QED) is 0.141. The summed E-state index contributed by atoms with van der Waals surface area (Å²) in [5, 5.41) is 22.6. The van der Waals surface area contributed by atoms with Crippen molar-refractivity contribution in [1.29, 1.82) is 0 Å². The van der Waals surface area contributed by atoms with Gasteiger partial charge in [-0.2, -0.15) is 0 Å². The van der Waals surface area contributed by atoms with Gasteiger partial charge in [-0.1, -0.05) is 24.8 Å². The third-order valence-corrected chi connectivity index (χ3v) is 6.19. The molecule has 1 amide bonds. The normalized spacial score (nSPS) is 19.9. The van der Waals surface area contributed by atoms with Crippen molar-refractivity contribution >= 4 is 23.1 Å². The molecule has 0 aromatic heterocycles. The number of benzene rings is 2. The first-order valence-corrected chi connectivity index (χ1v) is 11.6. The van der Waals surface area contributed by atoms with Crippen LogP contribution >= 0.6 is 0 Å². The number of amides is 1. The summed E-state index contributed by atoms with van der Waals surface area (Å²) < 4.78 is 10.8. The van der Waals surface area contributed by atoms with Gasteiger partial charge in [0.25, 0.3) is 17.4 Å². The molecule has 36 heavy (non-hydrogen) atoms. The Morgan fingerprint density at radius 3 is 2.56 bits per heavy atom. The van der Waals surface area contributed by atoms with E-state index in [2.05, 4.69) is 11.5 Å². The molecule has 0 saturated carbocycles. The van der Waals surface area contributed by atoms with Crippen LogP contribution in [0.4, 0.5) is 5.69 Å². The highest BCUT2D eigenvalue weighted by molar-refractivity contribution is 6.46. The van der Waals surface area contributed by atoms with E-state index in [1.54, 1.807) is 36.4 Å². The van der Waals surface area contributed by atoms with Crippen LogP contribution in [0.2, 0.25) is 0 Å². The molecular formula is C26H27N3O7. The minimum Gasteiger partial charge on any atom is -0.507 e. The van der Waals surface area contributed by atoms with Crippen molar-refractivity contribution in [3.8, 4) is 5.75 Å². The molecule has 10 heteroatoms. The summed E-state index contributed by atoms with van der Waals surface area (Å²) in [6.45, 7) is 7.18. The van der Waals surface area contributed by atoms with Gasteiger partial charge in [0.05, 0.1) is 29.8 Å². The van der Waals surface area contributed by atoms with Gasteiger partial charge < -0.3 is 19.5 Å². The molecule has 4 rings (SSSR count). The first-order valence-electron chi connectivity index (χ1n) is 11.6. The molecule has 2 saturated heterocycles. The Balaban J connectivity index is 1.73. The van der Waals surface area contributed by atoms with Crippen LogP contribution in [-0.2, 0) is 14.3 Å². The monoisotopic (exact) mass is 493 g/mol. The van der Waals surface area contributed by atoms with E-state index in [4.69, 9.17) is 9.47 Å². The fourth-order valence-electron chi connectivity index (χ4n) is 4.36. The molecule has 2 aliphatic heterocycles. The summed E-state index contributed by atoms with van der Waals surface area (Å²) in [5.41, 5.74) is 0.414. The van der Waals surface area contributed by atoms with Gasteiger partial charge in [0, 0.05) is 43.9 Å². The molecule has 0 bridgehead atoms. The van der Waals surface area contributed by atoms with Gasteiger partial charge in [0.15, 0.2) is 0 Å². The van der Waals surface area contributed by atoms with Crippen LogP contribution in [0.1, 0.15) is 17.2 Å². The van der Waals surface area contributed by atoms with Crippen molar-refractivity contribution in [2.45, 2.75) is 6.04 Å². The lowest BCUT2D eigenvalue weighted by Gasteiger charge is -2.31. The predicted octanol–water partition coefficient (Wildman–Crippen LogP) is 2.91. The molecule has 2 aliphatic rings. The molecule has 0 aliphatic carbocycles. The van der Waals surface area contributed by atoms with Gasteiger partial charge in [-0.05, 0) is 29.8 Å². The van der Waals surface area contributed by atoms with Gasteiger partial charge in [-0.3, -0.25) is 24.6 Å². The van der Waals surface area contributed by atoms with Gasteiger partial charge in [0.2, 0.25) is 0 Å². The van der Waals surface area contributed by atoms with E-state index in [1.165, 1.54) is 23.1 Å². The molecule has 2 fully saturated rings. The molecule has 0 radical (unpaired) electrons. The average molecular weight is 494 g/mol. The number of carbonyl (C=O) groups is 2. The SMILES string of the molecule is C=CCOc1ccc(C(O)=C2C(=O)C(=O)N(CCN3CCOCC3)[C@@H]2c2cccc([N+](=O)[O-])c2)cc1. The lowest BCUT2D eigenvalue weighted by atomic mass is 9.95. The predicted molar refractivity (Wildman–Crippen MR) is 131 cm³/mol. The second kappa shape index (κ2) is 11.1. The number of nitrogens with zero attached hydrogens (tertiary/aromatic N) is 3. The maximum absolute atomic E-state index is 13.2. The van der Waals surface area contributed by atoms with Crippen molar-refractivity contribution in [1.82, 2.24) is 9.80 Å². The van der Waals surface area contributed by atoms with Gasteiger partial charge in [-0.15, -0.1) is 0 Å². The zero-order valence-corrected chi connectivity index (χ0v) is 19.7. The highest BCUT2D eigenvalue weighted by atomic mass is 16.6. The Bertz CT molecular complexity index is 1190. The van der Waals surface area contributed by atoms with Crippen molar-refractivity contribution < 1.29 is 29.1 Å². The zero-order valence-electron chi connectivity index (χ0n) is 19.7. The smallest absolute Gasteiger partial charge is 0.295 e. The molecule has 2 aromatic carbocycles. The first kappa shape index (κ1) is 25.1. The van der Waals surface area contributed by atoms with Crippen LogP contribution in [-0.4, -0.2) is 77.5 Å². The molecule has 1 atom stereocenters. The molecule has 188 valence electrons. The number of hydrogen-bond acceptors (Lipinski definition) is 8. The van der Waals surface area contributed by atoms with E-state index in [0.717, 1.165) is 0 Å². The summed E-state index contributed by atoms with van der Waals surface area (Å²) in [6, 6.07) is 11.3. The van der Waals surface area contributed by atoms with E-state index in [9.17, 15) is 24.8 Å². The summed E-state index contributed by atoms with van der Waals surface area (Å²) in [5.74, 6) is -1.40. The van der Waals surface area contributed by atoms with Crippen LogP contribution < -0.4 is 4.74 Å². The number of nitro groups is 1. The molecule has 0 unspecified atom stereocenters. The number of hydrogen-bond donors (Lipinski definition) is 1. The molecule has 2 heterocycles. The number of aliphatic hydroxyl groups is 1. The molecule has 10 nitrogen and oxygen atoms in total. The van der Waals surface area contributed by atoms with Crippen LogP contribution in [0.3, 0.4) is 0 Å². The number of rotatable bonds is 9.